The highest BCUT2D eigenvalue weighted by atomic mass is 16.6. The number of esters is 3. The van der Waals surface area contributed by atoms with Crippen molar-refractivity contribution in [2.45, 2.75) is 98.0 Å². The normalized spacial score (nSPS) is 13.1. The van der Waals surface area contributed by atoms with Gasteiger partial charge < -0.3 is 24.8 Å². The summed E-state index contributed by atoms with van der Waals surface area (Å²) in [5.74, 6) is -1.80. The van der Waals surface area contributed by atoms with E-state index in [4.69, 9.17) is 14.2 Å². The molecule has 0 aliphatic carbocycles. The number of amides is 2. The molecule has 0 aromatic carbocycles. The lowest BCUT2D eigenvalue weighted by Gasteiger charge is -2.25. The molecular formula is C20H36N2O7. The number of carbonyl (C=O) groups is 4. The molecule has 0 bridgehead atoms. The quantitative estimate of drug-likeness (QED) is 0.483. The monoisotopic (exact) mass is 416 g/mol. The SMILES string of the molecule is CC(C)(C)OC(=O)CC[C@H](NC(=O)NCC(=O)OC(C)(C)C)C(=O)OC(C)(C)C. The standard InChI is InChI=1S/C20H36N2O7/c1-18(2,3)27-14(23)11-10-13(16(25)29-20(7,8)9)22-17(26)21-12-15(24)28-19(4,5)6/h13H,10-12H2,1-9H3,(H2,21,22,26)/t13-/m0/s1. The molecule has 0 aromatic heterocycles. The number of hydrogen-bond acceptors (Lipinski definition) is 7. The second-order valence-corrected chi connectivity index (χ2v) is 9.62. The highest BCUT2D eigenvalue weighted by molar-refractivity contribution is 5.86. The molecule has 1 atom stereocenters. The van der Waals surface area contributed by atoms with Gasteiger partial charge in [0.1, 0.15) is 29.4 Å². The van der Waals surface area contributed by atoms with Gasteiger partial charge in [-0.3, -0.25) is 9.59 Å². The Morgan fingerprint density at radius 1 is 0.724 bits per heavy atom. The van der Waals surface area contributed by atoms with Gasteiger partial charge in [0.05, 0.1) is 0 Å². The van der Waals surface area contributed by atoms with Gasteiger partial charge in [0.2, 0.25) is 0 Å². The van der Waals surface area contributed by atoms with Crippen LogP contribution in [0, 0.1) is 0 Å². The van der Waals surface area contributed by atoms with Crippen LogP contribution in [0.15, 0.2) is 0 Å². The number of carbonyl (C=O) groups excluding carboxylic acids is 4. The molecule has 0 spiro atoms. The van der Waals surface area contributed by atoms with Crippen molar-refractivity contribution in [1.82, 2.24) is 10.6 Å². The Morgan fingerprint density at radius 2 is 1.17 bits per heavy atom. The van der Waals surface area contributed by atoms with Gasteiger partial charge in [-0.25, -0.2) is 9.59 Å². The van der Waals surface area contributed by atoms with Crippen LogP contribution >= 0.6 is 0 Å². The third-order valence-electron chi connectivity index (χ3n) is 2.87. The number of nitrogens with one attached hydrogen (secondary N) is 2. The van der Waals surface area contributed by atoms with Gasteiger partial charge in [-0.1, -0.05) is 0 Å². The topological polar surface area (TPSA) is 120 Å². The Labute approximate surface area is 173 Å². The van der Waals surface area contributed by atoms with Crippen LogP contribution in [0.5, 0.6) is 0 Å². The van der Waals surface area contributed by atoms with Gasteiger partial charge in [0.15, 0.2) is 0 Å². The Kier molecular flexibility index (Phi) is 9.62. The van der Waals surface area contributed by atoms with Crippen molar-refractivity contribution in [1.29, 1.82) is 0 Å². The Hall–Kier alpha value is -2.32. The molecule has 168 valence electrons. The zero-order valence-electron chi connectivity index (χ0n) is 19.1. The molecule has 0 aliphatic heterocycles. The lowest BCUT2D eigenvalue weighted by atomic mass is 10.1. The Balaban J connectivity index is 4.88. The van der Waals surface area contributed by atoms with E-state index in [1.54, 1.807) is 62.3 Å². The molecule has 9 heteroatoms. The first-order chi connectivity index (χ1) is 12.9. The lowest BCUT2D eigenvalue weighted by Crippen LogP contribution is -2.49. The molecule has 0 saturated heterocycles. The molecule has 0 aliphatic rings. The van der Waals surface area contributed by atoms with E-state index in [1.165, 1.54) is 0 Å². The van der Waals surface area contributed by atoms with Crippen LogP contribution in [-0.4, -0.2) is 53.3 Å². The van der Waals surface area contributed by atoms with Crippen molar-refractivity contribution in [2.75, 3.05) is 6.54 Å². The van der Waals surface area contributed by atoms with Crippen LogP contribution < -0.4 is 10.6 Å². The molecule has 2 N–H and O–H groups in total. The minimum absolute atomic E-state index is 0.0102. The fourth-order valence-corrected chi connectivity index (χ4v) is 2.02. The fraction of sp³-hybridized carbons (Fsp3) is 0.800. The highest BCUT2D eigenvalue weighted by Gasteiger charge is 2.28. The van der Waals surface area contributed by atoms with Gasteiger partial charge in [0, 0.05) is 6.42 Å². The minimum Gasteiger partial charge on any atom is -0.460 e. The van der Waals surface area contributed by atoms with Crippen LogP contribution in [-0.2, 0) is 28.6 Å². The van der Waals surface area contributed by atoms with Crippen LogP contribution in [0.3, 0.4) is 0 Å². The molecule has 0 radical (unpaired) electrons. The van der Waals surface area contributed by atoms with Crippen molar-refractivity contribution in [3.8, 4) is 0 Å². The highest BCUT2D eigenvalue weighted by Crippen LogP contribution is 2.13. The predicted octanol–water partition coefficient (Wildman–Crippen LogP) is 2.46. The third-order valence-corrected chi connectivity index (χ3v) is 2.87. The number of ether oxygens (including phenoxy) is 3. The molecule has 0 heterocycles. The Morgan fingerprint density at radius 3 is 1.62 bits per heavy atom. The van der Waals surface area contributed by atoms with E-state index in [9.17, 15) is 19.2 Å². The van der Waals surface area contributed by atoms with Gasteiger partial charge >= 0.3 is 23.9 Å². The van der Waals surface area contributed by atoms with E-state index < -0.39 is 46.8 Å². The van der Waals surface area contributed by atoms with Gasteiger partial charge in [-0.2, -0.15) is 0 Å². The predicted molar refractivity (Wildman–Crippen MR) is 107 cm³/mol. The van der Waals surface area contributed by atoms with E-state index in [0.717, 1.165) is 0 Å². The van der Waals surface area contributed by atoms with Crippen LogP contribution in [0.1, 0.15) is 75.2 Å². The van der Waals surface area contributed by atoms with Crippen LogP contribution in [0.2, 0.25) is 0 Å². The molecule has 0 fully saturated rings. The summed E-state index contributed by atoms with van der Waals surface area (Å²) < 4.78 is 15.6. The maximum absolute atomic E-state index is 12.4. The number of rotatable bonds is 7. The summed E-state index contributed by atoms with van der Waals surface area (Å²) in [6.07, 6.45) is -0.1000. The van der Waals surface area contributed by atoms with Gasteiger partial charge in [-0.15, -0.1) is 0 Å². The lowest BCUT2D eigenvalue weighted by molar-refractivity contribution is -0.158. The zero-order chi connectivity index (χ0) is 23.0. The summed E-state index contributed by atoms with van der Waals surface area (Å²) in [5, 5.41) is 4.77. The minimum atomic E-state index is -1.08. The summed E-state index contributed by atoms with van der Waals surface area (Å²) in [7, 11) is 0. The first-order valence-electron chi connectivity index (χ1n) is 9.59. The molecule has 0 unspecified atom stereocenters. The third kappa shape index (κ3) is 15.3. The summed E-state index contributed by atoms with van der Waals surface area (Å²) in [5.41, 5.74) is -2.10. The van der Waals surface area contributed by atoms with E-state index in [0.29, 0.717) is 0 Å². The molecule has 29 heavy (non-hydrogen) atoms. The van der Waals surface area contributed by atoms with Crippen LogP contribution in [0.25, 0.3) is 0 Å². The molecular weight excluding hydrogens is 380 g/mol. The number of hydrogen-bond donors (Lipinski definition) is 2. The van der Waals surface area contributed by atoms with Crippen molar-refractivity contribution < 1.29 is 33.4 Å². The maximum Gasteiger partial charge on any atom is 0.329 e. The van der Waals surface area contributed by atoms with Crippen LogP contribution in [0.4, 0.5) is 4.79 Å². The van der Waals surface area contributed by atoms with E-state index in [-0.39, 0.29) is 19.4 Å². The second-order valence-electron chi connectivity index (χ2n) is 9.62. The Bertz CT molecular complexity index is 595. The molecule has 0 aromatic rings. The van der Waals surface area contributed by atoms with E-state index in [1.807, 2.05) is 0 Å². The smallest absolute Gasteiger partial charge is 0.329 e. The molecule has 0 rings (SSSR count). The molecule has 2 amide bonds. The van der Waals surface area contributed by atoms with Crippen molar-refractivity contribution in [3.05, 3.63) is 0 Å². The van der Waals surface area contributed by atoms with Gasteiger partial charge in [0.25, 0.3) is 0 Å². The second kappa shape index (κ2) is 10.5. The fourth-order valence-electron chi connectivity index (χ4n) is 2.02. The van der Waals surface area contributed by atoms with E-state index in [2.05, 4.69) is 10.6 Å². The molecule has 0 saturated carbocycles. The summed E-state index contributed by atoms with van der Waals surface area (Å²) in [6.45, 7) is 15.0. The van der Waals surface area contributed by atoms with Crippen molar-refractivity contribution in [2.24, 2.45) is 0 Å². The summed E-state index contributed by atoms with van der Waals surface area (Å²) >= 11 is 0. The first kappa shape index (κ1) is 26.7. The summed E-state index contributed by atoms with van der Waals surface area (Å²) in [6, 6.07) is -1.84. The zero-order valence-corrected chi connectivity index (χ0v) is 19.1. The largest absolute Gasteiger partial charge is 0.460 e. The average Bonchev–Trinajstić information content (AvgIpc) is 2.43. The van der Waals surface area contributed by atoms with Crippen molar-refractivity contribution in [3.63, 3.8) is 0 Å². The number of urea groups is 1. The van der Waals surface area contributed by atoms with E-state index >= 15 is 0 Å². The summed E-state index contributed by atoms with van der Waals surface area (Å²) in [4.78, 5) is 48.2. The maximum atomic E-state index is 12.4. The molecule has 9 nitrogen and oxygen atoms in total. The average molecular weight is 417 g/mol. The van der Waals surface area contributed by atoms with Crippen molar-refractivity contribution >= 4 is 23.9 Å². The first-order valence-corrected chi connectivity index (χ1v) is 9.59. The van der Waals surface area contributed by atoms with Gasteiger partial charge in [-0.05, 0) is 68.7 Å².